The first-order chi connectivity index (χ1) is 17.9. The lowest BCUT2D eigenvalue weighted by Crippen LogP contribution is -2.40. The number of benzene rings is 2. The maximum absolute atomic E-state index is 13.6. The predicted molar refractivity (Wildman–Crippen MR) is 148 cm³/mol. The van der Waals surface area contributed by atoms with Gasteiger partial charge in [-0.1, -0.05) is 86.7 Å². The molecule has 1 aromatic heterocycles. The van der Waals surface area contributed by atoms with E-state index in [1.165, 1.54) is 11.3 Å². The predicted octanol–water partition coefficient (Wildman–Crippen LogP) is 4.89. The monoisotopic (exact) mass is 516 g/mol. The Kier molecular flexibility index (Phi) is 8.56. The molecule has 0 bridgehead atoms. The highest BCUT2D eigenvalue weighted by atomic mass is 32.1. The van der Waals surface area contributed by atoms with Crippen LogP contribution < -0.4 is 19.6 Å². The average molecular weight is 517 g/mol. The summed E-state index contributed by atoms with van der Waals surface area (Å²) in [5, 5.41) is 0. The molecule has 6 nitrogen and oxygen atoms in total. The van der Waals surface area contributed by atoms with E-state index in [1.54, 1.807) is 17.6 Å². The normalized spacial score (nSPS) is 15.7. The van der Waals surface area contributed by atoms with Crippen molar-refractivity contribution >= 4 is 29.5 Å². The van der Waals surface area contributed by atoms with Crippen molar-refractivity contribution < 1.29 is 14.3 Å². The molecule has 1 unspecified atom stereocenters. The van der Waals surface area contributed by atoms with Crippen molar-refractivity contribution in [2.24, 2.45) is 10.9 Å². The molecule has 1 atom stereocenters. The fourth-order valence-electron chi connectivity index (χ4n) is 4.01. The van der Waals surface area contributed by atoms with Crippen LogP contribution in [0.5, 0.6) is 5.75 Å². The van der Waals surface area contributed by atoms with E-state index >= 15 is 0 Å². The molecule has 4 rings (SSSR count). The van der Waals surface area contributed by atoms with Gasteiger partial charge >= 0.3 is 5.97 Å². The Balaban J connectivity index is 1.79. The molecule has 0 aliphatic carbocycles. The van der Waals surface area contributed by atoms with Gasteiger partial charge in [0.2, 0.25) is 0 Å². The van der Waals surface area contributed by atoms with E-state index in [-0.39, 0.29) is 11.5 Å². The molecule has 0 saturated carbocycles. The van der Waals surface area contributed by atoms with Crippen molar-refractivity contribution in [2.75, 3.05) is 13.2 Å². The van der Waals surface area contributed by atoms with Gasteiger partial charge in [-0.3, -0.25) is 9.36 Å². The Bertz CT molecular complexity index is 1480. The van der Waals surface area contributed by atoms with Gasteiger partial charge in [0.05, 0.1) is 35.1 Å². The molecule has 0 radical (unpaired) electrons. The topological polar surface area (TPSA) is 69.9 Å². The summed E-state index contributed by atoms with van der Waals surface area (Å²) in [6.45, 7) is 8.73. The molecule has 0 fully saturated rings. The Morgan fingerprint density at radius 3 is 2.54 bits per heavy atom. The maximum Gasteiger partial charge on any atom is 0.338 e. The molecule has 2 heterocycles. The molecule has 0 saturated heterocycles. The number of allylic oxidation sites excluding steroid dienone is 2. The van der Waals surface area contributed by atoms with E-state index in [0.717, 1.165) is 23.3 Å². The van der Waals surface area contributed by atoms with Crippen molar-refractivity contribution in [3.63, 3.8) is 0 Å². The largest absolute Gasteiger partial charge is 0.494 e. The number of ether oxygens (including phenoxy) is 2. The van der Waals surface area contributed by atoms with Crippen LogP contribution in [0.3, 0.4) is 0 Å². The van der Waals surface area contributed by atoms with Crippen molar-refractivity contribution in [3.8, 4) is 5.75 Å². The number of aromatic nitrogens is 1. The lowest BCUT2D eigenvalue weighted by atomic mass is 9.96. The van der Waals surface area contributed by atoms with E-state index in [9.17, 15) is 9.59 Å². The number of hydrogen-bond donors (Lipinski definition) is 0. The number of hydrogen-bond acceptors (Lipinski definition) is 6. The molecule has 37 heavy (non-hydrogen) atoms. The van der Waals surface area contributed by atoms with Crippen molar-refractivity contribution in [1.82, 2.24) is 4.57 Å². The number of esters is 1. The molecule has 192 valence electrons. The van der Waals surface area contributed by atoms with Crippen LogP contribution in [0, 0.1) is 5.92 Å². The molecule has 7 heteroatoms. The van der Waals surface area contributed by atoms with Gasteiger partial charge < -0.3 is 9.47 Å². The molecule has 1 aliphatic rings. The lowest BCUT2D eigenvalue weighted by molar-refractivity contribution is -0.140. The molecule has 3 aromatic rings. The highest BCUT2D eigenvalue weighted by Gasteiger charge is 2.33. The summed E-state index contributed by atoms with van der Waals surface area (Å²) < 4.78 is 13.5. The lowest BCUT2D eigenvalue weighted by Gasteiger charge is -2.25. The summed E-state index contributed by atoms with van der Waals surface area (Å²) in [6, 6.07) is 16.8. The standard InChI is InChI=1S/C30H32N2O4S/c1-5-18-35-24-16-14-23(15-17-24)27-26(29(34)36-19-20(2)3)21(4)31-30-32(27)28(33)25(37-30)13-9-12-22-10-7-6-8-11-22/h6-17,20,27H,5,18-19H2,1-4H3/b12-9+,25-13-. The van der Waals surface area contributed by atoms with Crippen molar-refractivity contribution in [3.05, 3.63) is 103 Å². The summed E-state index contributed by atoms with van der Waals surface area (Å²) in [7, 11) is 0. The molecule has 0 amide bonds. The van der Waals surface area contributed by atoms with E-state index in [2.05, 4.69) is 11.9 Å². The third-order valence-corrected chi connectivity index (χ3v) is 6.80. The highest BCUT2D eigenvalue weighted by Crippen LogP contribution is 2.31. The molecule has 0 spiro atoms. The van der Waals surface area contributed by atoms with Gasteiger partial charge in [0.15, 0.2) is 4.80 Å². The number of nitrogens with zero attached hydrogens (tertiary/aromatic N) is 2. The quantitative estimate of drug-likeness (QED) is 0.380. The van der Waals surface area contributed by atoms with Crippen LogP contribution in [-0.2, 0) is 9.53 Å². The SMILES string of the molecule is CCCOc1ccc(C2C(C(=O)OCC(C)C)=C(C)N=c3s/c(=C\C=C\c4ccccc4)c(=O)n32)cc1. The van der Waals surface area contributed by atoms with Gasteiger partial charge in [-0.05, 0) is 48.6 Å². The zero-order chi connectivity index (χ0) is 26.4. The van der Waals surface area contributed by atoms with Gasteiger partial charge in [-0.25, -0.2) is 9.79 Å². The second-order valence-electron chi connectivity index (χ2n) is 9.28. The third-order valence-electron chi connectivity index (χ3n) is 5.79. The Morgan fingerprint density at radius 1 is 1.14 bits per heavy atom. The Hall–Kier alpha value is -3.71. The highest BCUT2D eigenvalue weighted by molar-refractivity contribution is 7.07. The molecular weight excluding hydrogens is 484 g/mol. The smallest absolute Gasteiger partial charge is 0.338 e. The van der Waals surface area contributed by atoms with E-state index in [0.29, 0.717) is 33.8 Å². The minimum Gasteiger partial charge on any atom is -0.494 e. The first-order valence-electron chi connectivity index (χ1n) is 12.5. The van der Waals surface area contributed by atoms with E-state index in [4.69, 9.17) is 9.47 Å². The Labute approximate surface area is 220 Å². The zero-order valence-electron chi connectivity index (χ0n) is 21.6. The van der Waals surface area contributed by atoms with Gasteiger partial charge in [0, 0.05) is 0 Å². The average Bonchev–Trinajstić information content (AvgIpc) is 3.20. The van der Waals surface area contributed by atoms with Crippen LogP contribution >= 0.6 is 11.3 Å². The zero-order valence-corrected chi connectivity index (χ0v) is 22.5. The molecular formula is C30H32N2O4S. The number of rotatable bonds is 9. The maximum atomic E-state index is 13.6. The van der Waals surface area contributed by atoms with Gasteiger partial charge in [-0.15, -0.1) is 0 Å². The van der Waals surface area contributed by atoms with Crippen LogP contribution in [0.15, 0.2) is 81.7 Å². The first-order valence-corrected chi connectivity index (χ1v) is 13.3. The van der Waals surface area contributed by atoms with Gasteiger partial charge in [0.25, 0.3) is 5.56 Å². The Morgan fingerprint density at radius 2 is 1.86 bits per heavy atom. The van der Waals surface area contributed by atoms with Gasteiger partial charge in [0.1, 0.15) is 5.75 Å². The molecule has 0 N–H and O–H groups in total. The minimum atomic E-state index is -0.642. The molecule has 1 aliphatic heterocycles. The van der Waals surface area contributed by atoms with Crippen LogP contribution in [0.1, 0.15) is 51.3 Å². The fourth-order valence-corrected chi connectivity index (χ4v) is 5.01. The van der Waals surface area contributed by atoms with E-state index in [1.807, 2.05) is 80.6 Å². The second-order valence-corrected chi connectivity index (χ2v) is 10.3. The minimum absolute atomic E-state index is 0.191. The summed E-state index contributed by atoms with van der Waals surface area (Å²) in [5.41, 5.74) is 2.57. The fraction of sp³-hybridized carbons (Fsp3) is 0.300. The van der Waals surface area contributed by atoms with Crippen LogP contribution in [0.25, 0.3) is 12.2 Å². The van der Waals surface area contributed by atoms with Gasteiger partial charge in [-0.2, -0.15) is 0 Å². The van der Waals surface area contributed by atoms with Crippen LogP contribution in [-0.4, -0.2) is 23.8 Å². The van der Waals surface area contributed by atoms with E-state index < -0.39 is 12.0 Å². The number of fused-ring (bicyclic) bond motifs is 1. The van der Waals surface area contributed by atoms with Crippen molar-refractivity contribution in [2.45, 2.75) is 40.2 Å². The summed E-state index contributed by atoms with van der Waals surface area (Å²) in [4.78, 5) is 32.1. The summed E-state index contributed by atoms with van der Waals surface area (Å²) >= 11 is 1.31. The van der Waals surface area contributed by atoms with Crippen molar-refractivity contribution in [1.29, 1.82) is 0 Å². The van der Waals surface area contributed by atoms with Crippen LogP contribution in [0.2, 0.25) is 0 Å². The summed E-state index contributed by atoms with van der Waals surface area (Å²) in [5.74, 6) is 0.481. The number of carbonyl (C=O) groups excluding carboxylic acids is 1. The number of thiazole rings is 1. The third kappa shape index (κ3) is 6.17. The molecule has 2 aromatic carbocycles. The number of carbonyl (C=O) groups is 1. The second kappa shape index (κ2) is 12.0. The summed E-state index contributed by atoms with van der Waals surface area (Å²) in [6.07, 6.45) is 6.52. The van der Waals surface area contributed by atoms with Crippen LogP contribution in [0.4, 0.5) is 0 Å². The first kappa shape index (κ1) is 26.4.